The number of ether oxygens (including phenoxy) is 3. The third-order valence-electron chi connectivity index (χ3n) is 2.12. The number of aldehydes is 1. The van der Waals surface area contributed by atoms with E-state index in [0.717, 1.165) is 11.8 Å². The average molecular weight is 289 g/mol. The molecule has 0 unspecified atom stereocenters. The number of halogens is 1. The van der Waals surface area contributed by atoms with Crippen LogP contribution < -0.4 is 14.2 Å². The molecule has 0 spiro atoms. The van der Waals surface area contributed by atoms with E-state index in [4.69, 9.17) is 14.2 Å². The van der Waals surface area contributed by atoms with E-state index in [1.807, 2.05) is 0 Å². The summed E-state index contributed by atoms with van der Waals surface area (Å²) >= 11 is 3.24. The predicted molar refractivity (Wildman–Crippen MR) is 63.8 cm³/mol. The van der Waals surface area contributed by atoms with E-state index in [0.29, 0.717) is 17.2 Å². The van der Waals surface area contributed by atoms with Crippen molar-refractivity contribution in [2.75, 3.05) is 21.3 Å². The molecule has 5 heteroatoms. The fourth-order valence-corrected chi connectivity index (χ4v) is 1.60. The zero-order chi connectivity index (χ0) is 12.1. The second-order valence-corrected chi connectivity index (χ2v) is 3.98. The number of hydrogen-bond donors (Lipinski definition) is 0. The van der Waals surface area contributed by atoms with E-state index in [2.05, 4.69) is 15.9 Å². The van der Waals surface area contributed by atoms with Crippen molar-refractivity contribution in [2.24, 2.45) is 0 Å². The number of hydrogen-bond acceptors (Lipinski definition) is 4. The summed E-state index contributed by atoms with van der Waals surface area (Å²) < 4.78 is 15.5. The van der Waals surface area contributed by atoms with Crippen LogP contribution in [-0.2, 0) is 4.79 Å². The molecule has 1 rings (SSSR count). The molecule has 0 aromatic heterocycles. The lowest BCUT2D eigenvalue weighted by Gasteiger charge is -2.14. The number of benzene rings is 1. The Morgan fingerprint density at radius 1 is 1.12 bits per heavy atom. The van der Waals surface area contributed by atoms with Crippen molar-refractivity contribution in [2.45, 2.75) is 4.83 Å². The first kappa shape index (κ1) is 12.8. The number of methoxy groups -OCH3 is 3. The van der Waals surface area contributed by atoms with Crippen molar-refractivity contribution in [1.29, 1.82) is 0 Å². The molecule has 0 aliphatic heterocycles. The Balaban J connectivity index is 3.30. The Hall–Kier alpha value is -1.23. The normalized spacial score (nSPS) is 11.8. The maximum Gasteiger partial charge on any atom is 0.203 e. The minimum absolute atomic E-state index is 0.388. The quantitative estimate of drug-likeness (QED) is 0.616. The molecule has 16 heavy (non-hydrogen) atoms. The van der Waals surface area contributed by atoms with E-state index in [1.165, 1.54) is 21.3 Å². The molecule has 88 valence electrons. The van der Waals surface area contributed by atoms with Gasteiger partial charge in [0.2, 0.25) is 5.75 Å². The maximum absolute atomic E-state index is 10.7. The summed E-state index contributed by atoms with van der Waals surface area (Å²) in [4.78, 5) is 10.3. The fraction of sp³-hybridized carbons (Fsp3) is 0.364. The van der Waals surface area contributed by atoms with Crippen molar-refractivity contribution in [1.82, 2.24) is 0 Å². The van der Waals surface area contributed by atoms with Gasteiger partial charge in [-0.1, -0.05) is 15.9 Å². The lowest BCUT2D eigenvalue weighted by atomic mass is 10.1. The van der Waals surface area contributed by atoms with Gasteiger partial charge in [0, 0.05) is 0 Å². The molecule has 1 aromatic carbocycles. The van der Waals surface area contributed by atoms with Crippen molar-refractivity contribution in [3.8, 4) is 17.2 Å². The number of carbonyl (C=O) groups is 1. The van der Waals surface area contributed by atoms with Gasteiger partial charge < -0.3 is 19.0 Å². The Kier molecular flexibility index (Phi) is 4.61. The molecular weight excluding hydrogens is 276 g/mol. The summed E-state index contributed by atoms with van der Waals surface area (Å²) in [7, 11) is 4.60. The van der Waals surface area contributed by atoms with Crippen LogP contribution in [0.2, 0.25) is 0 Å². The highest BCUT2D eigenvalue weighted by atomic mass is 79.9. The molecule has 0 N–H and O–H groups in total. The number of rotatable bonds is 5. The second kappa shape index (κ2) is 5.75. The van der Waals surface area contributed by atoms with Gasteiger partial charge in [-0.2, -0.15) is 0 Å². The van der Waals surface area contributed by atoms with Gasteiger partial charge in [-0.3, -0.25) is 0 Å². The molecule has 0 amide bonds. The average Bonchev–Trinajstić information content (AvgIpc) is 2.35. The van der Waals surface area contributed by atoms with Crippen LogP contribution in [0.15, 0.2) is 12.1 Å². The zero-order valence-corrected chi connectivity index (χ0v) is 10.9. The van der Waals surface area contributed by atoms with Crippen LogP contribution >= 0.6 is 15.9 Å². The van der Waals surface area contributed by atoms with Crippen molar-refractivity contribution < 1.29 is 19.0 Å². The summed E-state index contributed by atoms with van der Waals surface area (Å²) in [6.07, 6.45) is 0.792. The molecule has 0 radical (unpaired) electrons. The third kappa shape index (κ3) is 2.47. The van der Waals surface area contributed by atoms with E-state index < -0.39 is 0 Å². The first-order valence-electron chi connectivity index (χ1n) is 4.57. The molecule has 0 heterocycles. The molecule has 0 saturated heterocycles. The molecule has 0 aliphatic rings. The van der Waals surface area contributed by atoms with Crippen LogP contribution in [0.4, 0.5) is 0 Å². The number of carbonyl (C=O) groups excluding carboxylic acids is 1. The van der Waals surface area contributed by atoms with Gasteiger partial charge in [0.05, 0.1) is 26.2 Å². The molecule has 0 saturated carbocycles. The SMILES string of the molecule is COc1cc([C@H](Br)C=O)cc(OC)c1OC. The van der Waals surface area contributed by atoms with Crippen molar-refractivity contribution in [3.63, 3.8) is 0 Å². The highest BCUT2D eigenvalue weighted by molar-refractivity contribution is 9.09. The van der Waals surface area contributed by atoms with Crippen LogP contribution in [0, 0.1) is 0 Å². The minimum Gasteiger partial charge on any atom is -0.493 e. The first-order chi connectivity index (χ1) is 7.67. The lowest BCUT2D eigenvalue weighted by Crippen LogP contribution is -1.98. The van der Waals surface area contributed by atoms with Gasteiger partial charge in [0.25, 0.3) is 0 Å². The fourth-order valence-electron chi connectivity index (χ4n) is 1.34. The standard InChI is InChI=1S/C11H13BrO4/c1-14-9-4-7(8(12)6-13)5-10(15-2)11(9)16-3/h4-6,8H,1-3H3/t8-/m1/s1. The predicted octanol–water partition coefficient (Wildman–Crippen LogP) is 2.35. The molecule has 1 aromatic rings. The van der Waals surface area contributed by atoms with Crippen molar-refractivity contribution >= 4 is 22.2 Å². The third-order valence-corrected chi connectivity index (χ3v) is 2.87. The summed E-state index contributed by atoms with van der Waals surface area (Å²) in [5.74, 6) is 1.57. The van der Waals surface area contributed by atoms with Gasteiger partial charge in [-0.15, -0.1) is 0 Å². The van der Waals surface area contributed by atoms with Gasteiger partial charge in [0.15, 0.2) is 11.5 Å². The molecule has 0 aliphatic carbocycles. The van der Waals surface area contributed by atoms with Gasteiger partial charge in [-0.25, -0.2) is 0 Å². The summed E-state index contributed by atoms with van der Waals surface area (Å²) in [5, 5.41) is 0. The highest BCUT2D eigenvalue weighted by Crippen LogP contribution is 2.40. The van der Waals surface area contributed by atoms with E-state index in [1.54, 1.807) is 12.1 Å². The largest absolute Gasteiger partial charge is 0.493 e. The van der Waals surface area contributed by atoms with Crippen LogP contribution in [-0.4, -0.2) is 27.6 Å². The Morgan fingerprint density at radius 2 is 1.62 bits per heavy atom. The van der Waals surface area contributed by atoms with Crippen LogP contribution in [0.25, 0.3) is 0 Å². The second-order valence-electron chi connectivity index (χ2n) is 3.00. The van der Waals surface area contributed by atoms with Gasteiger partial charge in [-0.05, 0) is 17.7 Å². The van der Waals surface area contributed by atoms with Crippen LogP contribution in [0.3, 0.4) is 0 Å². The van der Waals surface area contributed by atoms with E-state index in [9.17, 15) is 4.79 Å². The highest BCUT2D eigenvalue weighted by Gasteiger charge is 2.16. The summed E-state index contributed by atoms with van der Waals surface area (Å²) in [5.41, 5.74) is 0.754. The first-order valence-corrected chi connectivity index (χ1v) is 5.48. The smallest absolute Gasteiger partial charge is 0.203 e. The van der Waals surface area contributed by atoms with Crippen LogP contribution in [0.1, 0.15) is 10.4 Å². The van der Waals surface area contributed by atoms with Gasteiger partial charge >= 0.3 is 0 Å². The molecular formula is C11H13BrO4. The molecule has 0 fully saturated rings. The van der Waals surface area contributed by atoms with Crippen molar-refractivity contribution in [3.05, 3.63) is 17.7 Å². The van der Waals surface area contributed by atoms with Gasteiger partial charge in [0.1, 0.15) is 6.29 Å². The summed E-state index contributed by atoms with van der Waals surface area (Å²) in [6.45, 7) is 0. The van der Waals surface area contributed by atoms with E-state index >= 15 is 0 Å². The van der Waals surface area contributed by atoms with Crippen LogP contribution in [0.5, 0.6) is 17.2 Å². The zero-order valence-electron chi connectivity index (χ0n) is 9.32. The topological polar surface area (TPSA) is 44.8 Å². The molecule has 4 nitrogen and oxygen atoms in total. The summed E-state index contributed by atoms with van der Waals surface area (Å²) in [6, 6.07) is 3.46. The van der Waals surface area contributed by atoms with E-state index in [-0.39, 0.29) is 4.83 Å². The number of alkyl halides is 1. The molecule has 0 bridgehead atoms. The maximum atomic E-state index is 10.7. The monoisotopic (exact) mass is 288 g/mol. The molecule has 1 atom stereocenters. The Labute approximate surface area is 103 Å². The Bertz CT molecular complexity index is 353. The lowest BCUT2D eigenvalue weighted by molar-refractivity contribution is -0.107. The Morgan fingerprint density at radius 3 is 1.94 bits per heavy atom. The minimum atomic E-state index is -0.388.